The maximum absolute atomic E-state index is 4.79. The third-order valence-electron chi connectivity index (χ3n) is 4.96. The van der Waals surface area contributed by atoms with Crippen LogP contribution >= 0.6 is 11.5 Å². The third-order valence-corrected chi connectivity index (χ3v) is 5.72. The number of hydrogen-bond acceptors (Lipinski definition) is 5. The molecule has 4 rings (SSSR count). The predicted molar refractivity (Wildman–Crippen MR) is 73.2 cm³/mol. The molecule has 0 aromatic carbocycles. The normalized spacial score (nSPS) is 34.0. The van der Waals surface area contributed by atoms with Crippen LogP contribution in [0.4, 0.5) is 5.13 Å². The summed E-state index contributed by atoms with van der Waals surface area (Å²) < 4.78 is 4.56. The Labute approximate surface area is 112 Å². The number of anilines is 1. The second-order valence-corrected chi connectivity index (χ2v) is 7.23. The second kappa shape index (κ2) is 3.67. The summed E-state index contributed by atoms with van der Waals surface area (Å²) in [6, 6.07) is 0. The molecule has 2 atom stereocenters. The van der Waals surface area contributed by atoms with Gasteiger partial charge in [-0.3, -0.25) is 0 Å². The Balaban J connectivity index is 1.63. The number of aromatic nitrogens is 2. The van der Waals surface area contributed by atoms with Crippen molar-refractivity contribution in [2.75, 3.05) is 24.5 Å². The minimum Gasteiger partial charge on any atom is -0.341 e. The van der Waals surface area contributed by atoms with Crippen LogP contribution < -0.4 is 10.2 Å². The zero-order valence-electron chi connectivity index (χ0n) is 11.0. The summed E-state index contributed by atoms with van der Waals surface area (Å²) in [6.45, 7) is 8.19. The molecule has 5 heteroatoms. The fourth-order valence-corrected chi connectivity index (χ4v) is 4.50. The van der Waals surface area contributed by atoms with E-state index in [1.165, 1.54) is 19.4 Å². The van der Waals surface area contributed by atoms with Crippen LogP contribution in [-0.2, 0) is 0 Å². The maximum atomic E-state index is 4.79. The highest BCUT2D eigenvalue weighted by molar-refractivity contribution is 7.09. The molecule has 3 aliphatic rings. The van der Waals surface area contributed by atoms with Crippen molar-refractivity contribution in [2.24, 2.45) is 11.8 Å². The Morgan fingerprint density at radius 1 is 1.33 bits per heavy atom. The average Bonchev–Trinajstić information content (AvgIpc) is 2.82. The molecule has 18 heavy (non-hydrogen) atoms. The maximum Gasteiger partial charge on any atom is 0.205 e. The molecule has 1 aromatic heterocycles. The van der Waals surface area contributed by atoms with E-state index in [-0.39, 0.29) is 5.54 Å². The monoisotopic (exact) mass is 264 g/mol. The number of nitrogens with one attached hydrogen (secondary N) is 1. The van der Waals surface area contributed by atoms with E-state index in [0.717, 1.165) is 35.9 Å². The average molecular weight is 264 g/mol. The standard InChI is InChI=1S/C13H20N4S/c1-13(2)10-6-14-5-9(10)7-17(13)12-15-11(16-18-12)8-3-4-8/h8-10,14H,3-7H2,1-2H3. The Bertz CT molecular complexity index is 465. The highest BCUT2D eigenvalue weighted by Crippen LogP contribution is 2.45. The van der Waals surface area contributed by atoms with Crippen molar-refractivity contribution in [3.05, 3.63) is 5.82 Å². The Hall–Kier alpha value is -0.680. The van der Waals surface area contributed by atoms with Crippen LogP contribution in [0.15, 0.2) is 0 Å². The molecule has 0 bridgehead atoms. The molecule has 3 fully saturated rings. The fourth-order valence-electron chi connectivity index (χ4n) is 3.59. The summed E-state index contributed by atoms with van der Waals surface area (Å²) in [7, 11) is 0. The Morgan fingerprint density at radius 3 is 2.89 bits per heavy atom. The first-order valence-electron chi connectivity index (χ1n) is 6.98. The van der Waals surface area contributed by atoms with Gasteiger partial charge in [0.1, 0.15) is 5.82 Å². The smallest absolute Gasteiger partial charge is 0.205 e. The van der Waals surface area contributed by atoms with E-state index in [2.05, 4.69) is 28.4 Å². The van der Waals surface area contributed by atoms with E-state index in [4.69, 9.17) is 4.98 Å². The summed E-state index contributed by atoms with van der Waals surface area (Å²) >= 11 is 1.60. The molecular formula is C13H20N4S. The third kappa shape index (κ3) is 1.53. The lowest BCUT2D eigenvalue weighted by Gasteiger charge is -2.35. The van der Waals surface area contributed by atoms with Gasteiger partial charge in [0.15, 0.2) is 0 Å². The van der Waals surface area contributed by atoms with Crippen LogP contribution in [0.25, 0.3) is 0 Å². The molecule has 98 valence electrons. The number of nitrogens with zero attached hydrogens (tertiary/aromatic N) is 3. The van der Waals surface area contributed by atoms with Crippen LogP contribution in [0, 0.1) is 11.8 Å². The van der Waals surface area contributed by atoms with Gasteiger partial charge in [0, 0.05) is 42.6 Å². The van der Waals surface area contributed by atoms with Crippen molar-refractivity contribution < 1.29 is 0 Å². The second-order valence-electron chi connectivity index (χ2n) is 6.50. The highest BCUT2D eigenvalue weighted by atomic mass is 32.1. The van der Waals surface area contributed by atoms with Gasteiger partial charge >= 0.3 is 0 Å². The largest absolute Gasteiger partial charge is 0.341 e. The molecule has 1 aliphatic carbocycles. The highest BCUT2D eigenvalue weighted by Gasteiger charge is 2.50. The van der Waals surface area contributed by atoms with Crippen molar-refractivity contribution in [2.45, 2.75) is 38.1 Å². The molecule has 4 nitrogen and oxygen atoms in total. The van der Waals surface area contributed by atoms with Crippen LogP contribution in [0.2, 0.25) is 0 Å². The van der Waals surface area contributed by atoms with E-state index < -0.39 is 0 Å². The summed E-state index contributed by atoms with van der Waals surface area (Å²) in [5.41, 5.74) is 0.217. The van der Waals surface area contributed by atoms with Gasteiger partial charge in [-0.1, -0.05) is 0 Å². The zero-order valence-corrected chi connectivity index (χ0v) is 11.8. The first kappa shape index (κ1) is 11.2. The Morgan fingerprint density at radius 2 is 2.17 bits per heavy atom. The molecular weight excluding hydrogens is 244 g/mol. The SMILES string of the molecule is CC1(C)C2CNCC2CN1c1nc(C2CC2)ns1. The van der Waals surface area contributed by atoms with E-state index in [1.54, 1.807) is 11.5 Å². The molecule has 3 heterocycles. The van der Waals surface area contributed by atoms with Gasteiger partial charge in [-0.15, -0.1) is 0 Å². The van der Waals surface area contributed by atoms with Crippen LogP contribution in [0.5, 0.6) is 0 Å². The van der Waals surface area contributed by atoms with E-state index in [9.17, 15) is 0 Å². The number of rotatable bonds is 2. The van der Waals surface area contributed by atoms with Gasteiger partial charge in [0.05, 0.1) is 0 Å². The van der Waals surface area contributed by atoms with Crippen molar-refractivity contribution in [1.82, 2.24) is 14.7 Å². The minimum atomic E-state index is 0.217. The van der Waals surface area contributed by atoms with Crippen molar-refractivity contribution in [1.29, 1.82) is 0 Å². The van der Waals surface area contributed by atoms with Gasteiger partial charge in [-0.05, 0) is 38.5 Å². The van der Waals surface area contributed by atoms with Gasteiger partial charge in [-0.2, -0.15) is 4.37 Å². The van der Waals surface area contributed by atoms with Crippen LogP contribution in [0.3, 0.4) is 0 Å². The van der Waals surface area contributed by atoms with E-state index in [0.29, 0.717) is 5.92 Å². The van der Waals surface area contributed by atoms with E-state index in [1.807, 2.05) is 0 Å². The molecule has 1 N–H and O–H groups in total. The molecule has 0 amide bonds. The van der Waals surface area contributed by atoms with Crippen molar-refractivity contribution in [3.63, 3.8) is 0 Å². The molecule has 2 unspecified atom stereocenters. The predicted octanol–water partition coefficient (Wildman–Crippen LogP) is 1.85. The summed E-state index contributed by atoms with van der Waals surface area (Å²) in [5, 5.41) is 4.68. The lowest BCUT2D eigenvalue weighted by Crippen LogP contribution is -2.44. The Kier molecular flexibility index (Phi) is 2.28. The molecule has 0 spiro atoms. The number of fused-ring (bicyclic) bond motifs is 1. The van der Waals surface area contributed by atoms with Gasteiger partial charge in [-0.25, -0.2) is 4.98 Å². The molecule has 2 saturated heterocycles. The number of hydrogen-bond donors (Lipinski definition) is 1. The molecule has 2 aliphatic heterocycles. The summed E-state index contributed by atoms with van der Waals surface area (Å²) in [4.78, 5) is 7.30. The summed E-state index contributed by atoms with van der Waals surface area (Å²) in [5.74, 6) is 3.31. The van der Waals surface area contributed by atoms with Crippen LogP contribution in [0.1, 0.15) is 38.4 Å². The fraction of sp³-hybridized carbons (Fsp3) is 0.846. The molecule has 1 saturated carbocycles. The molecule has 1 aromatic rings. The zero-order chi connectivity index (χ0) is 12.3. The van der Waals surface area contributed by atoms with Gasteiger partial charge in [0.25, 0.3) is 0 Å². The lowest BCUT2D eigenvalue weighted by atomic mass is 9.85. The first-order valence-corrected chi connectivity index (χ1v) is 7.75. The first-order chi connectivity index (χ1) is 8.66. The topological polar surface area (TPSA) is 41.0 Å². The van der Waals surface area contributed by atoms with Gasteiger partial charge < -0.3 is 10.2 Å². The van der Waals surface area contributed by atoms with Gasteiger partial charge in [0.2, 0.25) is 5.13 Å². The van der Waals surface area contributed by atoms with Crippen molar-refractivity contribution >= 4 is 16.7 Å². The lowest BCUT2D eigenvalue weighted by molar-refractivity contribution is 0.357. The minimum absolute atomic E-state index is 0.217. The van der Waals surface area contributed by atoms with Crippen molar-refractivity contribution in [3.8, 4) is 0 Å². The quantitative estimate of drug-likeness (QED) is 0.885. The van der Waals surface area contributed by atoms with Crippen LogP contribution in [-0.4, -0.2) is 34.5 Å². The molecule has 0 radical (unpaired) electrons. The van der Waals surface area contributed by atoms with E-state index >= 15 is 0 Å². The summed E-state index contributed by atoms with van der Waals surface area (Å²) in [6.07, 6.45) is 2.57.